The molecule has 0 saturated carbocycles. The fourth-order valence-corrected chi connectivity index (χ4v) is 3.10. The van der Waals surface area contributed by atoms with E-state index in [9.17, 15) is 0 Å². The van der Waals surface area contributed by atoms with Gasteiger partial charge in [-0.1, -0.05) is 35.9 Å². The predicted molar refractivity (Wildman–Crippen MR) is 107 cm³/mol. The summed E-state index contributed by atoms with van der Waals surface area (Å²) in [5, 5.41) is 4.57. The van der Waals surface area contributed by atoms with E-state index in [2.05, 4.69) is 69.7 Å². The number of nitrogens with zero attached hydrogens (tertiary/aromatic N) is 2. The lowest BCUT2D eigenvalue weighted by Crippen LogP contribution is -2.06. The first kappa shape index (κ1) is 16.3. The van der Waals surface area contributed by atoms with Crippen LogP contribution < -0.4 is 5.32 Å². The fourth-order valence-electron chi connectivity index (χ4n) is 3.10. The van der Waals surface area contributed by atoms with Crippen molar-refractivity contribution in [1.29, 1.82) is 0 Å². The highest BCUT2D eigenvalue weighted by Crippen LogP contribution is 2.19. The molecule has 0 bridgehead atoms. The van der Waals surface area contributed by atoms with Gasteiger partial charge in [0.25, 0.3) is 0 Å². The van der Waals surface area contributed by atoms with Gasteiger partial charge in [0.15, 0.2) is 0 Å². The minimum Gasteiger partial charge on any atom is -0.370 e. The zero-order valence-corrected chi connectivity index (χ0v) is 14.9. The van der Waals surface area contributed by atoms with Crippen molar-refractivity contribution >= 4 is 16.9 Å². The van der Waals surface area contributed by atoms with Crippen LogP contribution >= 0.6 is 0 Å². The highest BCUT2D eigenvalue weighted by molar-refractivity contribution is 5.79. The number of hydrogen-bond donors (Lipinski definition) is 2. The minimum atomic E-state index is 0.850. The van der Waals surface area contributed by atoms with E-state index < -0.39 is 0 Å². The van der Waals surface area contributed by atoms with Crippen LogP contribution in [0.25, 0.3) is 11.0 Å². The van der Waals surface area contributed by atoms with Gasteiger partial charge in [-0.2, -0.15) is 0 Å². The van der Waals surface area contributed by atoms with Gasteiger partial charge >= 0.3 is 0 Å². The van der Waals surface area contributed by atoms with E-state index in [4.69, 9.17) is 0 Å². The fraction of sp³-hybridized carbons (Fsp3) is 0.182. The largest absolute Gasteiger partial charge is 0.370 e. The summed E-state index contributed by atoms with van der Waals surface area (Å²) in [6.45, 7) is 2.99. The number of H-pyrrole nitrogens is 1. The quantitative estimate of drug-likeness (QED) is 0.542. The van der Waals surface area contributed by atoms with Crippen LogP contribution in [0, 0.1) is 6.92 Å². The van der Waals surface area contributed by atoms with Crippen LogP contribution in [-0.4, -0.2) is 21.5 Å². The molecule has 0 spiro atoms. The molecular formula is C22H22N4. The average molecular weight is 342 g/mol. The molecule has 0 aliphatic carbocycles. The molecule has 3 aromatic heterocycles. The Kier molecular flexibility index (Phi) is 4.65. The molecule has 0 aliphatic rings. The van der Waals surface area contributed by atoms with E-state index in [0.717, 1.165) is 30.9 Å². The summed E-state index contributed by atoms with van der Waals surface area (Å²) in [6, 6.07) is 16.9. The lowest BCUT2D eigenvalue weighted by molar-refractivity contribution is 1.00. The maximum atomic E-state index is 4.55. The number of aromatic nitrogens is 3. The molecule has 4 nitrogen and oxygen atoms in total. The Bertz CT molecular complexity index is 985. The number of aryl methyl sites for hydroxylation is 1. The molecule has 130 valence electrons. The van der Waals surface area contributed by atoms with Crippen molar-refractivity contribution in [3.05, 3.63) is 89.4 Å². The van der Waals surface area contributed by atoms with Gasteiger partial charge in [-0.3, -0.25) is 0 Å². The van der Waals surface area contributed by atoms with Crippen LogP contribution in [0.1, 0.15) is 22.3 Å². The molecule has 0 fully saturated rings. The van der Waals surface area contributed by atoms with E-state index in [-0.39, 0.29) is 0 Å². The van der Waals surface area contributed by atoms with Crippen molar-refractivity contribution in [3.63, 3.8) is 0 Å². The third-order valence-corrected chi connectivity index (χ3v) is 4.60. The first-order valence-electron chi connectivity index (χ1n) is 8.93. The van der Waals surface area contributed by atoms with Crippen LogP contribution in [0.3, 0.4) is 0 Å². The van der Waals surface area contributed by atoms with Gasteiger partial charge < -0.3 is 10.3 Å². The van der Waals surface area contributed by atoms with Crippen molar-refractivity contribution in [2.75, 3.05) is 11.9 Å². The molecule has 0 amide bonds. The Hall–Kier alpha value is -3.14. The molecule has 0 radical (unpaired) electrons. The normalized spacial score (nSPS) is 11.0. The van der Waals surface area contributed by atoms with E-state index in [1.807, 2.05) is 18.5 Å². The van der Waals surface area contributed by atoms with Crippen LogP contribution in [0.5, 0.6) is 0 Å². The van der Waals surface area contributed by atoms with Crippen molar-refractivity contribution < 1.29 is 0 Å². The Balaban J connectivity index is 1.35. The third kappa shape index (κ3) is 3.75. The third-order valence-electron chi connectivity index (χ3n) is 4.60. The number of fused-ring (bicyclic) bond motifs is 1. The van der Waals surface area contributed by atoms with E-state index in [1.54, 1.807) is 6.20 Å². The predicted octanol–water partition coefficient (Wildman–Crippen LogP) is 4.51. The molecule has 26 heavy (non-hydrogen) atoms. The van der Waals surface area contributed by atoms with Gasteiger partial charge in [0.1, 0.15) is 11.5 Å². The SMILES string of the molecule is Cc1ccc(CCNc2ccc(Cc3c[nH]c4ncccc34)cn2)cc1. The first-order chi connectivity index (χ1) is 12.8. The standard InChI is InChI=1S/C22H22N4/c1-16-4-6-17(7-5-16)10-12-23-21-9-8-18(14-25-21)13-19-15-26-22-20(19)3-2-11-24-22/h2-9,11,14-15H,10,12-13H2,1H3,(H,23,25)(H,24,26). The van der Waals surface area contributed by atoms with Gasteiger partial charge in [-0.05, 0) is 48.2 Å². The maximum Gasteiger partial charge on any atom is 0.137 e. The number of hydrogen-bond acceptors (Lipinski definition) is 3. The second-order valence-electron chi connectivity index (χ2n) is 6.60. The molecule has 4 heteroatoms. The van der Waals surface area contributed by atoms with Gasteiger partial charge in [-0.15, -0.1) is 0 Å². The van der Waals surface area contributed by atoms with E-state index >= 15 is 0 Å². The molecule has 1 aromatic carbocycles. The number of benzene rings is 1. The number of nitrogens with one attached hydrogen (secondary N) is 2. The summed E-state index contributed by atoms with van der Waals surface area (Å²) in [4.78, 5) is 12.1. The van der Waals surface area contributed by atoms with E-state index in [1.165, 1.54) is 27.6 Å². The summed E-state index contributed by atoms with van der Waals surface area (Å²) < 4.78 is 0. The first-order valence-corrected chi connectivity index (χ1v) is 8.93. The molecule has 0 saturated heterocycles. The number of aromatic amines is 1. The van der Waals surface area contributed by atoms with Crippen LogP contribution in [0.15, 0.2) is 67.1 Å². The number of anilines is 1. The zero-order valence-electron chi connectivity index (χ0n) is 14.9. The van der Waals surface area contributed by atoms with Crippen LogP contribution in [0.2, 0.25) is 0 Å². The number of pyridine rings is 2. The van der Waals surface area contributed by atoms with Crippen LogP contribution in [-0.2, 0) is 12.8 Å². The molecule has 2 N–H and O–H groups in total. The van der Waals surface area contributed by atoms with Crippen molar-refractivity contribution in [3.8, 4) is 0 Å². The van der Waals surface area contributed by atoms with Crippen molar-refractivity contribution in [2.24, 2.45) is 0 Å². The molecule has 3 heterocycles. The zero-order chi connectivity index (χ0) is 17.8. The molecular weight excluding hydrogens is 320 g/mol. The minimum absolute atomic E-state index is 0.850. The summed E-state index contributed by atoms with van der Waals surface area (Å²) in [6.07, 6.45) is 7.63. The van der Waals surface area contributed by atoms with Gasteiger partial charge in [0, 0.05) is 36.9 Å². The lowest BCUT2D eigenvalue weighted by Gasteiger charge is -2.07. The summed E-state index contributed by atoms with van der Waals surface area (Å²) in [5.74, 6) is 0.918. The van der Waals surface area contributed by atoms with Gasteiger partial charge in [0.2, 0.25) is 0 Å². The van der Waals surface area contributed by atoms with Crippen molar-refractivity contribution in [2.45, 2.75) is 19.8 Å². The summed E-state index contributed by atoms with van der Waals surface area (Å²) >= 11 is 0. The summed E-state index contributed by atoms with van der Waals surface area (Å²) in [7, 11) is 0. The Morgan fingerprint density at radius 2 is 1.81 bits per heavy atom. The van der Waals surface area contributed by atoms with Crippen molar-refractivity contribution in [1.82, 2.24) is 15.0 Å². The number of rotatable bonds is 6. The molecule has 0 atom stereocenters. The van der Waals surface area contributed by atoms with Crippen LogP contribution in [0.4, 0.5) is 5.82 Å². The lowest BCUT2D eigenvalue weighted by atomic mass is 10.1. The second-order valence-corrected chi connectivity index (χ2v) is 6.60. The molecule has 4 aromatic rings. The second kappa shape index (κ2) is 7.40. The molecule has 0 unspecified atom stereocenters. The molecule has 4 rings (SSSR count). The van der Waals surface area contributed by atoms with E-state index in [0.29, 0.717) is 0 Å². The van der Waals surface area contributed by atoms with Gasteiger partial charge in [0.05, 0.1) is 0 Å². The summed E-state index contributed by atoms with van der Waals surface area (Å²) in [5.41, 5.74) is 6.01. The Labute approximate surface area is 153 Å². The smallest absolute Gasteiger partial charge is 0.137 e. The maximum absolute atomic E-state index is 4.55. The molecule has 0 aliphatic heterocycles. The monoisotopic (exact) mass is 342 g/mol. The van der Waals surface area contributed by atoms with Gasteiger partial charge in [-0.25, -0.2) is 9.97 Å². The average Bonchev–Trinajstić information content (AvgIpc) is 3.08. The Morgan fingerprint density at radius 1 is 0.962 bits per heavy atom. The Morgan fingerprint density at radius 3 is 2.62 bits per heavy atom. The highest BCUT2D eigenvalue weighted by atomic mass is 15.0. The topological polar surface area (TPSA) is 53.6 Å². The highest BCUT2D eigenvalue weighted by Gasteiger charge is 2.05.